The number of aryl methyl sites for hydroxylation is 4. The molecule has 0 atom stereocenters. The van der Waals surface area contributed by atoms with Crippen LogP contribution in [-0.4, -0.2) is 12.5 Å². The number of amides is 1. The van der Waals surface area contributed by atoms with E-state index in [1.165, 1.54) is 24.0 Å². The van der Waals surface area contributed by atoms with Gasteiger partial charge in [-0.05, 0) is 75.8 Å². The summed E-state index contributed by atoms with van der Waals surface area (Å²) < 4.78 is 12.3. The van der Waals surface area contributed by atoms with E-state index in [0.29, 0.717) is 6.61 Å². The van der Waals surface area contributed by atoms with E-state index in [2.05, 4.69) is 25.2 Å². The monoisotopic (exact) mass is 417 g/mol. The van der Waals surface area contributed by atoms with Crippen LogP contribution >= 0.6 is 0 Å². The van der Waals surface area contributed by atoms with E-state index >= 15 is 0 Å². The van der Waals surface area contributed by atoms with Crippen LogP contribution in [0, 0.1) is 6.92 Å². The number of carbonyl (C=O) groups excluding carboxylic acids is 1. The van der Waals surface area contributed by atoms with E-state index in [0.717, 1.165) is 64.1 Å². The second-order valence-electron chi connectivity index (χ2n) is 8.27. The molecule has 0 unspecified atom stereocenters. The highest BCUT2D eigenvalue weighted by atomic mass is 16.5. The lowest BCUT2D eigenvalue weighted by Gasteiger charge is -2.15. The summed E-state index contributed by atoms with van der Waals surface area (Å²) in [5, 5.41) is 4.13. The minimum absolute atomic E-state index is 0.142. The Hall–Kier alpha value is -3.01. The molecule has 3 aromatic rings. The fourth-order valence-corrected chi connectivity index (χ4v) is 4.44. The molecular weight excluding hydrogens is 386 g/mol. The van der Waals surface area contributed by atoms with Crippen LogP contribution in [0.5, 0.6) is 5.75 Å². The second kappa shape index (κ2) is 9.01. The molecule has 31 heavy (non-hydrogen) atoms. The molecule has 4 heteroatoms. The molecule has 1 heterocycles. The fourth-order valence-electron chi connectivity index (χ4n) is 4.44. The molecule has 0 spiro atoms. The van der Waals surface area contributed by atoms with Gasteiger partial charge in [-0.25, -0.2) is 0 Å². The van der Waals surface area contributed by atoms with Crippen molar-refractivity contribution in [1.29, 1.82) is 0 Å². The van der Waals surface area contributed by atoms with Crippen LogP contribution in [0.4, 0.5) is 5.69 Å². The number of furan rings is 1. The molecule has 4 rings (SSSR count). The minimum atomic E-state index is -0.142. The van der Waals surface area contributed by atoms with Crippen LogP contribution in [0.1, 0.15) is 61.6 Å². The van der Waals surface area contributed by atoms with Crippen LogP contribution in [0.25, 0.3) is 16.5 Å². The first-order valence-electron chi connectivity index (χ1n) is 11.3. The van der Waals surface area contributed by atoms with Gasteiger partial charge in [0.2, 0.25) is 5.91 Å². The summed E-state index contributed by atoms with van der Waals surface area (Å²) >= 11 is 0. The lowest BCUT2D eigenvalue weighted by molar-refractivity contribution is -0.111. The Bertz CT molecular complexity index is 1140. The first-order valence-corrected chi connectivity index (χ1v) is 11.3. The van der Waals surface area contributed by atoms with Gasteiger partial charge in [0.05, 0.1) is 6.61 Å². The van der Waals surface area contributed by atoms with Gasteiger partial charge in [0.25, 0.3) is 0 Å². The van der Waals surface area contributed by atoms with Crippen LogP contribution < -0.4 is 10.1 Å². The summed E-state index contributed by atoms with van der Waals surface area (Å²) in [5.41, 5.74) is 7.13. The molecule has 2 aromatic carbocycles. The van der Waals surface area contributed by atoms with Crippen molar-refractivity contribution in [1.82, 2.24) is 0 Å². The van der Waals surface area contributed by atoms with Gasteiger partial charge in [0, 0.05) is 40.3 Å². The SMILES string of the molecule is CCOc1c(/C(C)=C/C(=O)Nc2ccc(CC)cc2)cc2c3c(oc2c1C)CCCC3. The summed E-state index contributed by atoms with van der Waals surface area (Å²) in [7, 11) is 0. The zero-order chi connectivity index (χ0) is 22.0. The van der Waals surface area contributed by atoms with E-state index in [1.807, 2.05) is 38.1 Å². The second-order valence-corrected chi connectivity index (χ2v) is 8.27. The van der Waals surface area contributed by atoms with Gasteiger partial charge < -0.3 is 14.5 Å². The van der Waals surface area contributed by atoms with Gasteiger partial charge >= 0.3 is 0 Å². The topological polar surface area (TPSA) is 51.5 Å². The number of rotatable bonds is 6. The Morgan fingerprint density at radius 2 is 1.90 bits per heavy atom. The van der Waals surface area contributed by atoms with Gasteiger partial charge in [0.1, 0.15) is 17.1 Å². The molecular formula is C27H31NO3. The molecule has 0 aliphatic heterocycles. The van der Waals surface area contributed by atoms with E-state index in [4.69, 9.17) is 9.15 Å². The van der Waals surface area contributed by atoms with Crippen LogP contribution in [0.15, 0.2) is 40.8 Å². The summed E-state index contributed by atoms with van der Waals surface area (Å²) in [6.45, 7) is 8.67. The highest BCUT2D eigenvalue weighted by Crippen LogP contribution is 2.41. The Morgan fingerprint density at radius 1 is 1.16 bits per heavy atom. The third-order valence-electron chi connectivity index (χ3n) is 6.12. The summed E-state index contributed by atoms with van der Waals surface area (Å²) in [4.78, 5) is 12.7. The summed E-state index contributed by atoms with van der Waals surface area (Å²) in [5.74, 6) is 1.77. The first-order chi connectivity index (χ1) is 15.0. The number of allylic oxidation sites excluding steroid dienone is 1. The highest BCUT2D eigenvalue weighted by Gasteiger charge is 2.23. The van der Waals surface area contributed by atoms with Crippen LogP contribution in [-0.2, 0) is 24.1 Å². The third-order valence-corrected chi connectivity index (χ3v) is 6.12. The molecule has 0 radical (unpaired) electrons. The van der Waals surface area contributed by atoms with Crippen molar-refractivity contribution in [2.45, 2.75) is 59.8 Å². The maximum absolute atomic E-state index is 12.7. The number of hydrogen-bond donors (Lipinski definition) is 1. The van der Waals surface area contributed by atoms with E-state index in [-0.39, 0.29) is 5.91 Å². The maximum atomic E-state index is 12.7. The van der Waals surface area contributed by atoms with Crippen molar-refractivity contribution >= 4 is 28.1 Å². The summed E-state index contributed by atoms with van der Waals surface area (Å²) in [6, 6.07) is 10.1. The Morgan fingerprint density at radius 3 is 2.61 bits per heavy atom. The Balaban J connectivity index is 1.70. The highest BCUT2D eigenvalue weighted by molar-refractivity contribution is 6.05. The van der Waals surface area contributed by atoms with E-state index in [9.17, 15) is 4.79 Å². The lowest BCUT2D eigenvalue weighted by atomic mass is 9.93. The van der Waals surface area contributed by atoms with Gasteiger partial charge in [0.15, 0.2) is 0 Å². The molecule has 162 valence electrons. The molecule has 1 aliphatic rings. The standard InChI is InChI=1S/C27H31NO3/c1-5-19-11-13-20(14-12-19)28-25(29)15-17(3)22-16-23-21-9-7-8-10-24(21)31-27(23)18(4)26(22)30-6-2/h11-16H,5-10H2,1-4H3,(H,28,29)/b17-15+. The normalized spacial score (nSPS) is 13.9. The van der Waals surface area contributed by atoms with E-state index < -0.39 is 0 Å². The third kappa shape index (κ3) is 4.25. The number of fused-ring (bicyclic) bond motifs is 3. The van der Waals surface area contributed by atoms with Gasteiger partial charge in [-0.15, -0.1) is 0 Å². The van der Waals surface area contributed by atoms with Crippen molar-refractivity contribution < 1.29 is 13.9 Å². The molecule has 0 fully saturated rings. The lowest BCUT2D eigenvalue weighted by Crippen LogP contribution is -2.09. The number of carbonyl (C=O) groups is 1. The first kappa shape index (κ1) is 21.2. The molecule has 4 nitrogen and oxygen atoms in total. The molecule has 1 aliphatic carbocycles. The molecule has 0 saturated carbocycles. The molecule has 0 bridgehead atoms. The Labute approximate surface area is 184 Å². The smallest absolute Gasteiger partial charge is 0.248 e. The zero-order valence-electron chi connectivity index (χ0n) is 18.9. The number of anilines is 1. The van der Waals surface area contributed by atoms with Crippen LogP contribution in [0.2, 0.25) is 0 Å². The van der Waals surface area contributed by atoms with Gasteiger partial charge in [-0.1, -0.05) is 19.1 Å². The fraction of sp³-hybridized carbons (Fsp3) is 0.370. The van der Waals surface area contributed by atoms with Gasteiger partial charge in [-0.2, -0.15) is 0 Å². The zero-order valence-corrected chi connectivity index (χ0v) is 18.9. The van der Waals surface area contributed by atoms with Crippen LogP contribution in [0.3, 0.4) is 0 Å². The maximum Gasteiger partial charge on any atom is 0.248 e. The van der Waals surface area contributed by atoms with Crippen molar-refractivity contribution in [3.63, 3.8) is 0 Å². The predicted molar refractivity (Wildman–Crippen MR) is 127 cm³/mol. The number of hydrogen-bond acceptors (Lipinski definition) is 3. The van der Waals surface area contributed by atoms with Crippen molar-refractivity contribution in [3.05, 3.63) is 64.4 Å². The molecule has 1 amide bonds. The van der Waals surface area contributed by atoms with Crippen molar-refractivity contribution in [2.75, 3.05) is 11.9 Å². The molecule has 1 N–H and O–H groups in total. The minimum Gasteiger partial charge on any atom is -0.493 e. The predicted octanol–water partition coefficient (Wildman–Crippen LogP) is 6.62. The van der Waals surface area contributed by atoms with E-state index in [1.54, 1.807) is 6.08 Å². The summed E-state index contributed by atoms with van der Waals surface area (Å²) in [6.07, 6.45) is 7.05. The Kier molecular flexibility index (Phi) is 6.17. The van der Waals surface area contributed by atoms with Crippen molar-refractivity contribution in [2.24, 2.45) is 0 Å². The molecule has 0 saturated heterocycles. The van der Waals surface area contributed by atoms with Gasteiger partial charge in [-0.3, -0.25) is 4.79 Å². The number of nitrogens with one attached hydrogen (secondary N) is 1. The average Bonchev–Trinajstić information content (AvgIpc) is 3.15. The average molecular weight is 418 g/mol. The quantitative estimate of drug-likeness (QED) is 0.458. The number of benzene rings is 2. The van der Waals surface area contributed by atoms with Crippen molar-refractivity contribution in [3.8, 4) is 5.75 Å². The molecule has 1 aromatic heterocycles. The largest absolute Gasteiger partial charge is 0.493 e. The number of ether oxygens (including phenoxy) is 1.